The summed E-state index contributed by atoms with van der Waals surface area (Å²) < 4.78 is 16.3. The van der Waals surface area contributed by atoms with Gasteiger partial charge in [-0.25, -0.2) is 4.98 Å². The van der Waals surface area contributed by atoms with Crippen LogP contribution in [0.25, 0.3) is 0 Å². The van der Waals surface area contributed by atoms with E-state index in [0.717, 1.165) is 15.8 Å². The average molecular weight is 354 g/mol. The van der Waals surface area contributed by atoms with E-state index < -0.39 is 6.04 Å². The molecule has 2 N–H and O–H groups in total. The van der Waals surface area contributed by atoms with Crippen LogP contribution in [0.3, 0.4) is 0 Å². The van der Waals surface area contributed by atoms with Gasteiger partial charge in [-0.2, -0.15) is 4.98 Å². The van der Waals surface area contributed by atoms with Crippen molar-refractivity contribution in [2.24, 2.45) is 5.73 Å². The van der Waals surface area contributed by atoms with Crippen LogP contribution in [0.2, 0.25) is 0 Å². The number of rotatable bonds is 5. The summed E-state index contributed by atoms with van der Waals surface area (Å²) in [5, 5.41) is 0. The largest absolute Gasteiger partial charge is 0.496 e. The van der Waals surface area contributed by atoms with Crippen LogP contribution in [0.5, 0.6) is 17.5 Å². The Kier molecular flexibility index (Phi) is 4.98. The van der Waals surface area contributed by atoms with Crippen molar-refractivity contribution in [3.05, 3.63) is 40.1 Å². The molecular weight excluding hydrogens is 338 g/mol. The molecule has 1 heterocycles. The molecule has 0 spiro atoms. The molecule has 0 fully saturated rings. The van der Waals surface area contributed by atoms with Gasteiger partial charge in [0, 0.05) is 0 Å². The van der Waals surface area contributed by atoms with Gasteiger partial charge < -0.3 is 19.9 Å². The van der Waals surface area contributed by atoms with Crippen molar-refractivity contribution >= 4 is 15.9 Å². The van der Waals surface area contributed by atoms with Gasteiger partial charge in [-0.05, 0) is 33.6 Å². The fourth-order valence-corrected chi connectivity index (χ4v) is 2.42. The van der Waals surface area contributed by atoms with Gasteiger partial charge in [0.2, 0.25) is 11.8 Å². The Morgan fingerprint density at radius 3 is 2.48 bits per heavy atom. The number of halogens is 1. The number of aromatic nitrogens is 2. The third kappa shape index (κ3) is 3.25. The maximum absolute atomic E-state index is 6.26. The van der Waals surface area contributed by atoms with Crippen LogP contribution < -0.4 is 19.9 Å². The number of methoxy groups -OCH3 is 3. The highest BCUT2D eigenvalue weighted by Crippen LogP contribution is 2.31. The predicted molar refractivity (Wildman–Crippen MR) is 81.9 cm³/mol. The van der Waals surface area contributed by atoms with Crippen molar-refractivity contribution in [3.63, 3.8) is 0 Å². The smallest absolute Gasteiger partial charge is 0.240 e. The van der Waals surface area contributed by atoms with Crippen molar-refractivity contribution in [1.82, 2.24) is 9.97 Å². The summed E-state index contributed by atoms with van der Waals surface area (Å²) in [5.74, 6) is 1.45. The summed E-state index contributed by atoms with van der Waals surface area (Å²) in [4.78, 5) is 8.47. The predicted octanol–water partition coefficient (Wildman–Crippen LogP) is 2.31. The summed E-state index contributed by atoms with van der Waals surface area (Å²) in [7, 11) is 4.64. The summed E-state index contributed by atoms with van der Waals surface area (Å²) in [6, 6.07) is 5.12. The second kappa shape index (κ2) is 6.73. The fourth-order valence-electron chi connectivity index (χ4n) is 1.86. The minimum absolute atomic E-state index is 0.341. The number of benzene rings is 1. The topological polar surface area (TPSA) is 79.5 Å². The SMILES string of the molecule is COc1cnc(C(N)c2ccc(OC)c(Br)c2)c(OC)n1. The lowest BCUT2D eigenvalue weighted by Crippen LogP contribution is -2.16. The zero-order valence-corrected chi connectivity index (χ0v) is 13.5. The Bertz CT molecular complexity index is 637. The van der Waals surface area contributed by atoms with Crippen LogP contribution in [0, 0.1) is 0 Å². The molecule has 1 atom stereocenters. The first-order valence-corrected chi connectivity index (χ1v) is 6.94. The molecule has 0 amide bonds. The van der Waals surface area contributed by atoms with Gasteiger partial charge in [0.15, 0.2) is 0 Å². The van der Waals surface area contributed by atoms with Gasteiger partial charge in [-0.3, -0.25) is 0 Å². The van der Waals surface area contributed by atoms with E-state index in [1.807, 2.05) is 18.2 Å². The van der Waals surface area contributed by atoms with Crippen molar-refractivity contribution in [1.29, 1.82) is 0 Å². The van der Waals surface area contributed by atoms with E-state index in [2.05, 4.69) is 25.9 Å². The van der Waals surface area contributed by atoms with Crippen LogP contribution >= 0.6 is 15.9 Å². The minimum atomic E-state index is -0.472. The van der Waals surface area contributed by atoms with E-state index in [1.165, 1.54) is 20.4 Å². The molecule has 0 radical (unpaired) electrons. The molecule has 0 bridgehead atoms. The zero-order chi connectivity index (χ0) is 15.4. The molecule has 6 nitrogen and oxygen atoms in total. The Hall–Kier alpha value is -1.86. The molecule has 2 rings (SSSR count). The van der Waals surface area contributed by atoms with Gasteiger partial charge in [0.05, 0.1) is 38.0 Å². The lowest BCUT2D eigenvalue weighted by molar-refractivity contribution is 0.355. The lowest BCUT2D eigenvalue weighted by Gasteiger charge is -2.15. The first kappa shape index (κ1) is 15.5. The Labute approximate surface area is 131 Å². The molecule has 2 aromatic rings. The first-order chi connectivity index (χ1) is 10.1. The van der Waals surface area contributed by atoms with Gasteiger partial charge in [0.25, 0.3) is 0 Å². The van der Waals surface area contributed by atoms with Crippen molar-refractivity contribution < 1.29 is 14.2 Å². The number of hydrogen-bond acceptors (Lipinski definition) is 6. The third-order valence-corrected chi connectivity index (χ3v) is 3.60. The number of hydrogen-bond donors (Lipinski definition) is 1. The van der Waals surface area contributed by atoms with Gasteiger partial charge >= 0.3 is 0 Å². The number of nitrogens with two attached hydrogens (primary N) is 1. The standard InChI is InChI=1S/C14H16BrN3O3/c1-19-10-5-4-8(6-9(10)15)12(16)13-14(21-3)18-11(20-2)7-17-13/h4-7,12H,16H2,1-3H3. The summed E-state index contributed by atoms with van der Waals surface area (Å²) in [6.45, 7) is 0. The van der Waals surface area contributed by atoms with Crippen LogP contribution in [-0.2, 0) is 0 Å². The molecule has 112 valence electrons. The molecule has 1 aromatic carbocycles. The Morgan fingerprint density at radius 2 is 1.90 bits per heavy atom. The van der Waals surface area contributed by atoms with Gasteiger partial charge in [0.1, 0.15) is 11.4 Å². The molecule has 1 aromatic heterocycles. The second-order valence-electron chi connectivity index (χ2n) is 4.18. The van der Waals surface area contributed by atoms with E-state index >= 15 is 0 Å². The highest BCUT2D eigenvalue weighted by atomic mass is 79.9. The van der Waals surface area contributed by atoms with E-state index in [0.29, 0.717) is 17.5 Å². The van der Waals surface area contributed by atoms with E-state index in [4.69, 9.17) is 19.9 Å². The minimum Gasteiger partial charge on any atom is -0.496 e. The summed E-state index contributed by atoms with van der Waals surface area (Å²) in [6.07, 6.45) is 1.51. The third-order valence-electron chi connectivity index (χ3n) is 2.98. The summed E-state index contributed by atoms with van der Waals surface area (Å²) >= 11 is 3.44. The Balaban J connectivity index is 2.39. The lowest BCUT2D eigenvalue weighted by atomic mass is 10.0. The number of nitrogens with zero attached hydrogens (tertiary/aromatic N) is 2. The maximum atomic E-state index is 6.26. The van der Waals surface area contributed by atoms with E-state index in [1.54, 1.807) is 7.11 Å². The fraction of sp³-hybridized carbons (Fsp3) is 0.286. The average Bonchev–Trinajstić information content (AvgIpc) is 2.53. The Morgan fingerprint density at radius 1 is 1.14 bits per heavy atom. The number of ether oxygens (including phenoxy) is 3. The van der Waals surface area contributed by atoms with Gasteiger partial charge in [-0.15, -0.1) is 0 Å². The normalized spacial score (nSPS) is 11.9. The zero-order valence-electron chi connectivity index (χ0n) is 12.0. The molecule has 0 saturated carbocycles. The van der Waals surface area contributed by atoms with E-state index in [9.17, 15) is 0 Å². The highest BCUT2D eigenvalue weighted by molar-refractivity contribution is 9.10. The molecule has 0 aliphatic heterocycles. The quantitative estimate of drug-likeness (QED) is 0.888. The molecule has 0 aliphatic carbocycles. The molecular formula is C14H16BrN3O3. The second-order valence-corrected chi connectivity index (χ2v) is 5.03. The van der Waals surface area contributed by atoms with E-state index in [-0.39, 0.29) is 0 Å². The van der Waals surface area contributed by atoms with Crippen molar-refractivity contribution in [3.8, 4) is 17.5 Å². The van der Waals surface area contributed by atoms with Crippen molar-refractivity contribution in [2.75, 3.05) is 21.3 Å². The monoisotopic (exact) mass is 353 g/mol. The maximum Gasteiger partial charge on any atom is 0.240 e. The molecule has 1 unspecified atom stereocenters. The van der Waals surface area contributed by atoms with Crippen LogP contribution in [-0.4, -0.2) is 31.3 Å². The molecule has 0 saturated heterocycles. The van der Waals surface area contributed by atoms with Gasteiger partial charge in [-0.1, -0.05) is 6.07 Å². The molecule has 0 aliphatic rings. The van der Waals surface area contributed by atoms with Crippen LogP contribution in [0.1, 0.15) is 17.3 Å². The molecule has 21 heavy (non-hydrogen) atoms. The summed E-state index contributed by atoms with van der Waals surface area (Å²) in [5.41, 5.74) is 7.66. The van der Waals surface area contributed by atoms with Crippen LogP contribution in [0.15, 0.2) is 28.9 Å². The molecule has 7 heteroatoms. The van der Waals surface area contributed by atoms with Crippen molar-refractivity contribution in [2.45, 2.75) is 6.04 Å². The first-order valence-electron chi connectivity index (χ1n) is 6.14. The van der Waals surface area contributed by atoms with Crippen LogP contribution in [0.4, 0.5) is 0 Å². The highest BCUT2D eigenvalue weighted by Gasteiger charge is 2.19.